The number of fused-ring (bicyclic) bond motifs is 1. The highest BCUT2D eigenvalue weighted by Gasteiger charge is 2.29. The number of nitrogens with one attached hydrogen (secondary N) is 1. The standard InChI is InChI=1S/C19H21ClN6O3/c1-24-8-13(22-11-24)17-16(20)15-14(2-3-21-18(15)23-17)25-4-6-26(7-5-25)19(27)29-12-9-28-10-12/h2-3,8,11-12H,4-7,9-10H2,1H3,(H,21,23). The predicted molar refractivity (Wildman–Crippen MR) is 108 cm³/mol. The number of H-pyrrole nitrogens is 1. The molecule has 2 aliphatic rings. The molecule has 0 aromatic carbocycles. The van der Waals surface area contributed by atoms with Crippen molar-refractivity contribution in [2.75, 3.05) is 44.3 Å². The maximum absolute atomic E-state index is 12.3. The second-order valence-corrected chi connectivity index (χ2v) is 7.69. The minimum Gasteiger partial charge on any atom is -0.441 e. The van der Waals surface area contributed by atoms with Gasteiger partial charge in [-0.25, -0.2) is 14.8 Å². The molecule has 0 aliphatic carbocycles. The van der Waals surface area contributed by atoms with Crippen LogP contribution in [0.4, 0.5) is 10.5 Å². The highest BCUT2D eigenvalue weighted by molar-refractivity contribution is 6.39. The van der Waals surface area contributed by atoms with Crippen LogP contribution in [0.2, 0.25) is 5.02 Å². The smallest absolute Gasteiger partial charge is 0.410 e. The molecule has 1 N–H and O–H groups in total. The van der Waals surface area contributed by atoms with Gasteiger partial charge in [-0.1, -0.05) is 11.6 Å². The molecule has 3 aromatic heterocycles. The normalized spacial score (nSPS) is 17.6. The van der Waals surface area contributed by atoms with E-state index in [-0.39, 0.29) is 12.2 Å². The number of aromatic nitrogens is 4. The molecule has 152 valence electrons. The van der Waals surface area contributed by atoms with E-state index in [4.69, 9.17) is 21.1 Å². The largest absolute Gasteiger partial charge is 0.441 e. The summed E-state index contributed by atoms with van der Waals surface area (Å²) in [4.78, 5) is 28.3. The maximum Gasteiger partial charge on any atom is 0.410 e. The minimum atomic E-state index is -0.269. The van der Waals surface area contributed by atoms with Gasteiger partial charge in [0.1, 0.15) is 11.3 Å². The molecule has 5 rings (SSSR count). The van der Waals surface area contributed by atoms with Crippen LogP contribution in [0.3, 0.4) is 0 Å². The quantitative estimate of drug-likeness (QED) is 0.704. The minimum absolute atomic E-state index is 0.107. The number of ether oxygens (including phenoxy) is 2. The molecular weight excluding hydrogens is 396 g/mol. The summed E-state index contributed by atoms with van der Waals surface area (Å²) >= 11 is 6.74. The molecule has 9 nitrogen and oxygen atoms in total. The summed E-state index contributed by atoms with van der Waals surface area (Å²) in [5.74, 6) is 0. The van der Waals surface area contributed by atoms with E-state index < -0.39 is 0 Å². The lowest BCUT2D eigenvalue weighted by Crippen LogP contribution is -2.51. The Kier molecular flexibility index (Phi) is 4.56. The first-order chi connectivity index (χ1) is 14.1. The van der Waals surface area contributed by atoms with E-state index in [1.807, 2.05) is 23.9 Å². The van der Waals surface area contributed by atoms with E-state index in [0.717, 1.165) is 28.1 Å². The fourth-order valence-corrected chi connectivity index (χ4v) is 4.00. The molecule has 2 fully saturated rings. The number of halogens is 1. The van der Waals surface area contributed by atoms with Gasteiger partial charge in [0.2, 0.25) is 0 Å². The Labute approximate surface area is 172 Å². The van der Waals surface area contributed by atoms with Crippen LogP contribution in [0.25, 0.3) is 22.4 Å². The van der Waals surface area contributed by atoms with Gasteiger partial charge in [-0.15, -0.1) is 0 Å². The first-order valence-electron chi connectivity index (χ1n) is 9.53. The van der Waals surface area contributed by atoms with Crippen molar-refractivity contribution in [1.82, 2.24) is 24.4 Å². The number of imidazole rings is 1. The number of carbonyl (C=O) groups excluding carboxylic acids is 1. The molecule has 0 spiro atoms. The van der Waals surface area contributed by atoms with Gasteiger partial charge in [-0.05, 0) is 6.07 Å². The van der Waals surface area contributed by atoms with Crippen molar-refractivity contribution in [3.63, 3.8) is 0 Å². The van der Waals surface area contributed by atoms with Crippen molar-refractivity contribution in [1.29, 1.82) is 0 Å². The van der Waals surface area contributed by atoms with Gasteiger partial charge in [0.05, 0.1) is 41.3 Å². The summed E-state index contributed by atoms with van der Waals surface area (Å²) in [6.45, 7) is 3.54. The van der Waals surface area contributed by atoms with Gasteiger partial charge in [-0.3, -0.25) is 0 Å². The SMILES string of the molecule is Cn1cnc(-c2[nH]c3nccc(N4CCN(C(=O)OC5COC5)CC4)c3c2Cl)c1. The highest BCUT2D eigenvalue weighted by atomic mass is 35.5. The van der Waals surface area contributed by atoms with E-state index in [0.29, 0.717) is 44.4 Å². The van der Waals surface area contributed by atoms with Crippen molar-refractivity contribution in [3.8, 4) is 11.4 Å². The lowest BCUT2D eigenvalue weighted by molar-refractivity contribution is -0.104. The Hall–Kier alpha value is -2.78. The third kappa shape index (κ3) is 3.30. The molecule has 0 atom stereocenters. The average molecular weight is 417 g/mol. The zero-order valence-electron chi connectivity index (χ0n) is 16.0. The molecule has 2 saturated heterocycles. The fraction of sp³-hybridized carbons (Fsp3) is 0.421. The Morgan fingerprint density at radius 3 is 2.72 bits per heavy atom. The van der Waals surface area contributed by atoms with Crippen molar-refractivity contribution in [3.05, 3.63) is 29.8 Å². The molecule has 0 bridgehead atoms. The Bertz CT molecular complexity index is 1050. The molecular formula is C19H21ClN6O3. The first-order valence-corrected chi connectivity index (χ1v) is 9.90. The molecule has 0 radical (unpaired) electrons. The monoisotopic (exact) mass is 416 g/mol. The zero-order valence-corrected chi connectivity index (χ0v) is 16.7. The molecule has 0 saturated carbocycles. The summed E-state index contributed by atoms with van der Waals surface area (Å²) in [6.07, 6.45) is 5.04. The molecule has 0 unspecified atom stereocenters. The number of nitrogens with zero attached hydrogens (tertiary/aromatic N) is 5. The number of rotatable bonds is 3. The van der Waals surface area contributed by atoms with Gasteiger partial charge in [0.15, 0.2) is 6.10 Å². The van der Waals surface area contributed by atoms with Crippen LogP contribution >= 0.6 is 11.6 Å². The van der Waals surface area contributed by atoms with E-state index in [1.54, 1.807) is 17.4 Å². The molecule has 10 heteroatoms. The summed E-state index contributed by atoms with van der Waals surface area (Å²) in [5.41, 5.74) is 3.25. The van der Waals surface area contributed by atoms with E-state index >= 15 is 0 Å². The zero-order chi connectivity index (χ0) is 20.0. The number of amides is 1. The second-order valence-electron chi connectivity index (χ2n) is 7.31. The van der Waals surface area contributed by atoms with E-state index in [9.17, 15) is 4.79 Å². The van der Waals surface area contributed by atoms with Gasteiger partial charge in [0, 0.05) is 45.6 Å². The Morgan fingerprint density at radius 1 is 1.28 bits per heavy atom. The van der Waals surface area contributed by atoms with Gasteiger partial charge in [-0.2, -0.15) is 0 Å². The molecule has 1 amide bonds. The van der Waals surface area contributed by atoms with Crippen molar-refractivity contribution >= 4 is 34.4 Å². The van der Waals surface area contributed by atoms with Crippen LogP contribution in [-0.4, -0.2) is 76.0 Å². The number of piperazine rings is 1. The van der Waals surface area contributed by atoms with E-state index in [1.165, 1.54) is 0 Å². The summed E-state index contributed by atoms with van der Waals surface area (Å²) in [5, 5.41) is 1.48. The average Bonchev–Trinajstić information content (AvgIpc) is 3.28. The lowest BCUT2D eigenvalue weighted by atomic mass is 10.2. The number of hydrogen-bond acceptors (Lipinski definition) is 6. The van der Waals surface area contributed by atoms with E-state index in [2.05, 4.69) is 19.9 Å². The van der Waals surface area contributed by atoms with Crippen molar-refractivity contribution in [2.24, 2.45) is 7.05 Å². The number of aromatic amines is 1. The van der Waals surface area contributed by atoms with Crippen LogP contribution in [-0.2, 0) is 16.5 Å². The van der Waals surface area contributed by atoms with Crippen molar-refractivity contribution < 1.29 is 14.3 Å². The van der Waals surface area contributed by atoms with Gasteiger partial charge >= 0.3 is 6.09 Å². The lowest BCUT2D eigenvalue weighted by Gasteiger charge is -2.37. The van der Waals surface area contributed by atoms with Crippen LogP contribution in [0, 0.1) is 0 Å². The second kappa shape index (κ2) is 7.23. The number of anilines is 1. The van der Waals surface area contributed by atoms with Crippen LogP contribution in [0.1, 0.15) is 0 Å². The fourth-order valence-electron chi connectivity index (χ4n) is 3.67. The third-order valence-electron chi connectivity index (χ3n) is 5.33. The molecule has 29 heavy (non-hydrogen) atoms. The Balaban J connectivity index is 1.37. The van der Waals surface area contributed by atoms with Gasteiger partial charge in [0.25, 0.3) is 0 Å². The number of pyridine rings is 1. The summed E-state index contributed by atoms with van der Waals surface area (Å²) in [7, 11) is 1.92. The van der Waals surface area contributed by atoms with Crippen LogP contribution < -0.4 is 4.90 Å². The first kappa shape index (κ1) is 18.3. The third-order valence-corrected chi connectivity index (χ3v) is 5.70. The predicted octanol–water partition coefficient (Wildman–Crippen LogP) is 2.27. The number of carbonyl (C=O) groups is 1. The number of hydrogen-bond donors (Lipinski definition) is 1. The highest BCUT2D eigenvalue weighted by Crippen LogP contribution is 2.38. The molecule has 5 heterocycles. The maximum atomic E-state index is 12.3. The Morgan fingerprint density at radius 2 is 2.07 bits per heavy atom. The summed E-state index contributed by atoms with van der Waals surface area (Å²) < 4.78 is 12.3. The summed E-state index contributed by atoms with van der Waals surface area (Å²) in [6, 6.07) is 1.96. The number of aryl methyl sites for hydroxylation is 1. The topological polar surface area (TPSA) is 88.5 Å². The molecule has 2 aliphatic heterocycles. The van der Waals surface area contributed by atoms with Crippen LogP contribution in [0.15, 0.2) is 24.8 Å². The van der Waals surface area contributed by atoms with Crippen LogP contribution in [0.5, 0.6) is 0 Å². The molecule has 3 aromatic rings. The van der Waals surface area contributed by atoms with Gasteiger partial charge < -0.3 is 28.8 Å². The van der Waals surface area contributed by atoms with Crippen molar-refractivity contribution in [2.45, 2.75) is 6.10 Å².